The van der Waals surface area contributed by atoms with Crippen LogP contribution in [0, 0.1) is 11.6 Å². The molecule has 0 bridgehead atoms. The van der Waals surface area contributed by atoms with Crippen molar-refractivity contribution in [1.82, 2.24) is 15.1 Å². The van der Waals surface area contributed by atoms with Crippen molar-refractivity contribution in [2.24, 2.45) is 0 Å². The minimum Gasteiger partial charge on any atom is -0.354 e. The highest BCUT2D eigenvalue weighted by Crippen LogP contribution is 2.22. The summed E-state index contributed by atoms with van der Waals surface area (Å²) in [6, 6.07) is 11.4. The summed E-state index contributed by atoms with van der Waals surface area (Å²) in [5.74, 6) is -1.42. The molecule has 0 radical (unpaired) electrons. The van der Waals surface area contributed by atoms with Crippen molar-refractivity contribution < 1.29 is 18.4 Å². The summed E-state index contributed by atoms with van der Waals surface area (Å²) in [6.07, 6.45) is 2.95. The number of carbonyl (C=O) groups excluding carboxylic acids is 2. The number of halogens is 2. The van der Waals surface area contributed by atoms with Gasteiger partial charge in [0.1, 0.15) is 18.2 Å². The Hall–Kier alpha value is -3.55. The van der Waals surface area contributed by atoms with E-state index < -0.39 is 17.1 Å². The molecule has 1 heterocycles. The van der Waals surface area contributed by atoms with Gasteiger partial charge in [-0.25, -0.2) is 8.78 Å². The quantitative estimate of drug-likeness (QED) is 0.624. The van der Waals surface area contributed by atoms with Crippen LogP contribution in [0.25, 0.3) is 0 Å². The molecule has 2 amide bonds. The van der Waals surface area contributed by atoms with Crippen LogP contribution < -0.4 is 10.6 Å². The standard InChI is InChI=1S/C22H22F2N4O2/c1-22(2,16-4-3-5-18(24)10-16)14-25-20(29)13-28-12-19(11-26-28)27-21(30)15-6-8-17(23)9-7-15/h3-12H,13-14H2,1-2H3,(H,25,29)(H,27,30). The predicted octanol–water partition coefficient (Wildman–Crippen LogP) is 3.51. The minimum absolute atomic E-state index is 0.0361. The van der Waals surface area contributed by atoms with Gasteiger partial charge in [0.2, 0.25) is 5.91 Å². The van der Waals surface area contributed by atoms with Crippen LogP contribution in [0.2, 0.25) is 0 Å². The molecule has 6 nitrogen and oxygen atoms in total. The lowest BCUT2D eigenvalue weighted by atomic mass is 9.84. The number of amides is 2. The van der Waals surface area contributed by atoms with Crippen molar-refractivity contribution in [1.29, 1.82) is 0 Å². The summed E-state index contributed by atoms with van der Waals surface area (Å²) in [4.78, 5) is 24.4. The number of carbonyl (C=O) groups is 2. The Morgan fingerprint density at radius 3 is 2.50 bits per heavy atom. The average Bonchev–Trinajstić information content (AvgIpc) is 3.13. The monoisotopic (exact) mass is 412 g/mol. The topological polar surface area (TPSA) is 76.0 Å². The number of anilines is 1. The summed E-state index contributed by atoms with van der Waals surface area (Å²) < 4.78 is 27.8. The molecule has 0 fully saturated rings. The summed E-state index contributed by atoms with van der Waals surface area (Å²) in [5.41, 5.74) is 1.06. The Morgan fingerprint density at radius 1 is 1.07 bits per heavy atom. The Bertz CT molecular complexity index is 1050. The van der Waals surface area contributed by atoms with Gasteiger partial charge in [-0.15, -0.1) is 0 Å². The van der Waals surface area contributed by atoms with Crippen LogP contribution in [0.15, 0.2) is 60.9 Å². The second-order valence-corrected chi connectivity index (χ2v) is 7.56. The fourth-order valence-electron chi connectivity index (χ4n) is 2.85. The first-order valence-electron chi connectivity index (χ1n) is 9.35. The number of hydrogen-bond acceptors (Lipinski definition) is 3. The SMILES string of the molecule is CC(C)(CNC(=O)Cn1cc(NC(=O)c2ccc(F)cc2)cn1)c1cccc(F)c1. The van der Waals surface area contributed by atoms with E-state index in [1.807, 2.05) is 19.9 Å². The maximum Gasteiger partial charge on any atom is 0.255 e. The van der Waals surface area contributed by atoms with E-state index in [2.05, 4.69) is 15.7 Å². The fourth-order valence-corrected chi connectivity index (χ4v) is 2.85. The van der Waals surface area contributed by atoms with Gasteiger partial charge in [0.15, 0.2) is 0 Å². The molecule has 8 heteroatoms. The molecule has 0 atom stereocenters. The van der Waals surface area contributed by atoms with E-state index in [0.29, 0.717) is 17.8 Å². The van der Waals surface area contributed by atoms with Crippen LogP contribution in [0.1, 0.15) is 29.8 Å². The Kier molecular flexibility index (Phi) is 6.25. The highest BCUT2D eigenvalue weighted by atomic mass is 19.1. The zero-order valence-corrected chi connectivity index (χ0v) is 16.7. The first kappa shape index (κ1) is 21.2. The molecule has 0 aliphatic carbocycles. The number of benzene rings is 2. The second kappa shape index (κ2) is 8.86. The van der Waals surface area contributed by atoms with Crippen molar-refractivity contribution in [3.63, 3.8) is 0 Å². The highest BCUT2D eigenvalue weighted by molar-refractivity contribution is 6.04. The van der Waals surface area contributed by atoms with Crippen LogP contribution in [-0.2, 0) is 16.8 Å². The van der Waals surface area contributed by atoms with Gasteiger partial charge in [0.25, 0.3) is 5.91 Å². The fraction of sp³-hybridized carbons (Fsp3) is 0.227. The van der Waals surface area contributed by atoms with Crippen LogP contribution >= 0.6 is 0 Å². The van der Waals surface area contributed by atoms with E-state index in [9.17, 15) is 18.4 Å². The molecule has 2 aromatic carbocycles. The van der Waals surface area contributed by atoms with Gasteiger partial charge in [-0.2, -0.15) is 5.10 Å². The molecule has 156 valence electrons. The molecule has 0 unspecified atom stereocenters. The molecular formula is C22H22F2N4O2. The van der Waals surface area contributed by atoms with Crippen molar-refractivity contribution in [3.05, 3.63) is 83.7 Å². The summed E-state index contributed by atoms with van der Waals surface area (Å²) >= 11 is 0. The van der Waals surface area contributed by atoms with E-state index in [-0.39, 0.29) is 18.3 Å². The Labute approximate surface area is 172 Å². The number of rotatable bonds is 7. The molecule has 0 spiro atoms. The van der Waals surface area contributed by atoms with Crippen LogP contribution in [-0.4, -0.2) is 28.1 Å². The molecule has 3 rings (SSSR count). The third-order valence-corrected chi connectivity index (χ3v) is 4.64. The maximum absolute atomic E-state index is 13.5. The molecule has 30 heavy (non-hydrogen) atoms. The van der Waals surface area contributed by atoms with Crippen molar-refractivity contribution >= 4 is 17.5 Å². The number of nitrogens with zero attached hydrogens (tertiary/aromatic N) is 2. The molecule has 0 saturated carbocycles. The lowest BCUT2D eigenvalue weighted by molar-refractivity contribution is -0.122. The second-order valence-electron chi connectivity index (χ2n) is 7.56. The van der Waals surface area contributed by atoms with Gasteiger partial charge in [-0.1, -0.05) is 26.0 Å². The summed E-state index contributed by atoms with van der Waals surface area (Å²) in [7, 11) is 0. The first-order chi connectivity index (χ1) is 14.2. The predicted molar refractivity (Wildman–Crippen MR) is 109 cm³/mol. The molecule has 0 aliphatic heterocycles. The van der Waals surface area contributed by atoms with E-state index >= 15 is 0 Å². The zero-order chi connectivity index (χ0) is 21.7. The first-order valence-corrected chi connectivity index (χ1v) is 9.35. The van der Waals surface area contributed by atoms with E-state index in [4.69, 9.17) is 0 Å². The van der Waals surface area contributed by atoms with Gasteiger partial charge in [0, 0.05) is 23.7 Å². The van der Waals surface area contributed by atoms with Crippen molar-refractivity contribution in [2.75, 3.05) is 11.9 Å². The molecule has 3 aromatic rings. The maximum atomic E-state index is 13.5. The minimum atomic E-state index is -0.448. The largest absolute Gasteiger partial charge is 0.354 e. The number of nitrogens with one attached hydrogen (secondary N) is 2. The molecule has 0 saturated heterocycles. The number of aromatic nitrogens is 2. The van der Waals surface area contributed by atoms with Gasteiger partial charge in [-0.3, -0.25) is 14.3 Å². The van der Waals surface area contributed by atoms with Gasteiger partial charge < -0.3 is 10.6 Å². The van der Waals surface area contributed by atoms with E-state index in [0.717, 1.165) is 5.56 Å². The van der Waals surface area contributed by atoms with Crippen molar-refractivity contribution in [2.45, 2.75) is 25.8 Å². The van der Waals surface area contributed by atoms with Gasteiger partial charge in [-0.05, 0) is 42.0 Å². The molecule has 0 aliphatic rings. The summed E-state index contributed by atoms with van der Waals surface area (Å²) in [5, 5.41) is 9.53. The Morgan fingerprint density at radius 2 is 1.80 bits per heavy atom. The van der Waals surface area contributed by atoms with Crippen LogP contribution in [0.3, 0.4) is 0 Å². The third-order valence-electron chi connectivity index (χ3n) is 4.64. The normalized spacial score (nSPS) is 11.2. The summed E-state index contributed by atoms with van der Waals surface area (Å²) in [6.45, 7) is 4.12. The highest BCUT2D eigenvalue weighted by Gasteiger charge is 2.22. The van der Waals surface area contributed by atoms with Crippen LogP contribution in [0.4, 0.5) is 14.5 Å². The van der Waals surface area contributed by atoms with E-state index in [1.54, 1.807) is 6.07 Å². The van der Waals surface area contributed by atoms with Crippen LogP contribution in [0.5, 0.6) is 0 Å². The third kappa shape index (κ3) is 5.50. The smallest absolute Gasteiger partial charge is 0.255 e. The molecule has 2 N–H and O–H groups in total. The lowest BCUT2D eigenvalue weighted by Crippen LogP contribution is -2.38. The Balaban J connectivity index is 1.53. The van der Waals surface area contributed by atoms with Gasteiger partial charge >= 0.3 is 0 Å². The van der Waals surface area contributed by atoms with Gasteiger partial charge in [0.05, 0.1) is 11.9 Å². The number of hydrogen-bond donors (Lipinski definition) is 2. The van der Waals surface area contributed by atoms with E-state index in [1.165, 1.54) is 53.5 Å². The lowest BCUT2D eigenvalue weighted by Gasteiger charge is -2.25. The molecular weight excluding hydrogens is 390 g/mol. The zero-order valence-electron chi connectivity index (χ0n) is 16.7. The average molecular weight is 412 g/mol. The molecule has 1 aromatic heterocycles. The van der Waals surface area contributed by atoms with Crippen molar-refractivity contribution in [3.8, 4) is 0 Å².